The lowest BCUT2D eigenvalue weighted by Gasteiger charge is -2.27. The van der Waals surface area contributed by atoms with Gasteiger partial charge in [-0.15, -0.1) is 0 Å². The Bertz CT molecular complexity index is 484. The minimum absolute atomic E-state index is 0.184. The van der Waals surface area contributed by atoms with Gasteiger partial charge in [0.1, 0.15) is 5.75 Å². The van der Waals surface area contributed by atoms with Crippen LogP contribution in [0.1, 0.15) is 24.4 Å². The van der Waals surface area contributed by atoms with Crippen LogP contribution in [0.25, 0.3) is 0 Å². The fourth-order valence-electron chi connectivity index (χ4n) is 2.67. The summed E-state index contributed by atoms with van der Waals surface area (Å²) < 4.78 is 11.0. The van der Waals surface area contributed by atoms with Gasteiger partial charge in [0.25, 0.3) is 0 Å². The second-order valence-electron chi connectivity index (χ2n) is 5.33. The van der Waals surface area contributed by atoms with Crippen molar-refractivity contribution in [1.29, 1.82) is 0 Å². The highest BCUT2D eigenvalue weighted by molar-refractivity contribution is 5.78. The number of hydrogen-bond acceptors (Lipinski definition) is 3. The molecule has 0 saturated carbocycles. The van der Waals surface area contributed by atoms with E-state index >= 15 is 0 Å². The number of para-hydroxylation sites is 1. The van der Waals surface area contributed by atoms with Gasteiger partial charge in [-0.2, -0.15) is 0 Å². The minimum Gasteiger partial charge on any atom is -0.493 e. The highest BCUT2D eigenvalue weighted by Gasteiger charge is 2.21. The van der Waals surface area contributed by atoms with Gasteiger partial charge in [0.05, 0.1) is 19.3 Å². The van der Waals surface area contributed by atoms with Crippen LogP contribution < -0.4 is 15.8 Å². The van der Waals surface area contributed by atoms with E-state index in [-0.39, 0.29) is 6.04 Å². The van der Waals surface area contributed by atoms with Crippen LogP contribution in [0.2, 0.25) is 0 Å². The molecule has 1 saturated heterocycles. The van der Waals surface area contributed by atoms with Gasteiger partial charge in [-0.25, -0.2) is 0 Å². The van der Waals surface area contributed by atoms with E-state index in [2.05, 4.69) is 16.4 Å². The molecule has 0 radical (unpaired) electrons. The van der Waals surface area contributed by atoms with Gasteiger partial charge in [0.2, 0.25) is 0 Å². The maximum Gasteiger partial charge on any atom is 0.189 e. The van der Waals surface area contributed by atoms with Gasteiger partial charge in [-0.3, -0.25) is 4.99 Å². The zero-order valence-electron chi connectivity index (χ0n) is 11.5. The second-order valence-corrected chi connectivity index (χ2v) is 5.33. The summed E-state index contributed by atoms with van der Waals surface area (Å²) in [6.45, 7) is 3.10. The molecule has 2 heterocycles. The fraction of sp³-hybridized carbons (Fsp3) is 0.533. The van der Waals surface area contributed by atoms with Crippen LogP contribution >= 0.6 is 0 Å². The highest BCUT2D eigenvalue weighted by Crippen LogP contribution is 2.31. The Morgan fingerprint density at radius 1 is 1.30 bits per heavy atom. The lowest BCUT2D eigenvalue weighted by atomic mass is 10.0. The Hall–Kier alpha value is -1.75. The van der Waals surface area contributed by atoms with Crippen molar-refractivity contribution in [2.24, 2.45) is 16.6 Å². The van der Waals surface area contributed by atoms with E-state index in [1.54, 1.807) is 0 Å². The molecule has 2 atom stereocenters. The van der Waals surface area contributed by atoms with Crippen LogP contribution in [-0.2, 0) is 4.74 Å². The molecule has 1 aromatic carbocycles. The molecule has 0 aromatic heterocycles. The van der Waals surface area contributed by atoms with Crippen LogP contribution in [0.15, 0.2) is 29.3 Å². The molecule has 3 rings (SSSR count). The van der Waals surface area contributed by atoms with Crippen molar-refractivity contribution in [2.75, 3.05) is 26.4 Å². The smallest absolute Gasteiger partial charge is 0.189 e. The number of nitrogens with zero attached hydrogens (tertiary/aromatic N) is 1. The van der Waals surface area contributed by atoms with Crippen molar-refractivity contribution in [3.05, 3.63) is 29.8 Å². The highest BCUT2D eigenvalue weighted by atomic mass is 16.5. The third-order valence-corrected chi connectivity index (χ3v) is 3.82. The first-order chi connectivity index (χ1) is 9.83. The zero-order chi connectivity index (χ0) is 13.8. The molecule has 1 aromatic rings. The minimum atomic E-state index is 0.184. The van der Waals surface area contributed by atoms with Crippen molar-refractivity contribution in [3.63, 3.8) is 0 Å². The maximum absolute atomic E-state index is 6.00. The zero-order valence-corrected chi connectivity index (χ0v) is 11.5. The van der Waals surface area contributed by atoms with Crippen LogP contribution in [0.3, 0.4) is 0 Å². The van der Waals surface area contributed by atoms with Gasteiger partial charge >= 0.3 is 0 Å². The Labute approximate surface area is 119 Å². The molecule has 1 fully saturated rings. The summed E-state index contributed by atoms with van der Waals surface area (Å²) >= 11 is 0. The first-order valence-electron chi connectivity index (χ1n) is 7.19. The first-order valence-corrected chi connectivity index (χ1v) is 7.19. The summed E-state index contributed by atoms with van der Waals surface area (Å²) in [7, 11) is 0. The summed E-state index contributed by atoms with van der Waals surface area (Å²) in [4.78, 5) is 4.44. The molecule has 2 aliphatic rings. The van der Waals surface area contributed by atoms with Gasteiger partial charge in [0.15, 0.2) is 5.96 Å². The first kappa shape index (κ1) is 13.2. The largest absolute Gasteiger partial charge is 0.493 e. The van der Waals surface area contributed by atoms with Crippen molar-refractivity contribution in [3.8, 4) is 5.75 Å². The summed E-state index contributed by atoms with van der Waals surface area (Å²) in [5.41, 5.74) is 7.15. The topological polar surface area (TPSA) is 68.9 Å². The second kappa shape index (κ2) is 6.13. The monoisotopic (exact) mass is 275 g/mol. The number of guanidine groups is 1. The summed E-state index contributed by atoms with van der Waals surface area (Å²) in [5, 5.41) is 3.31. The van der Waals surface area contributed by atoms with Crippen LogP contribution in [0, 0.1) is 5.92 Å². The van der Waals surface area contributed by atoms with Crippen LogP contribution in [0.4, 0.5) is 0 Å². The molecular weight excluding hydrogens is 254 g/mol. The number of rotatable bonds is 3. The molecule has 0 bridgehead atoms. The average Bonchev–Trinajstić information content (AvgIpc) is 2.99. The number of nitrogens with one attached hydrogen (secondary N) is 1. The van der Waals surface area contributed by atoms with E-state index in [9.17, 15) is 0 Å². The van der Waals surface area contributed by atoms with E-state index < -0.39 is 0 Å². The number of ether oxygens (including phenoxy) is 2. The van der Waals surface area contributed by atoms with Crippen molar-refractivity contribution in [1.82, 2.24) is 5.32 Å². The van der Waals surface area contributed by atoms with Crippen molar-refractivity contribution >= 4 is 5.96 Å². The van der Waals surface area contributed by atoms with E-state index in [0.29, 0.717) is 18.5 Å². The van der Waals surface area contributed by atoms with Crippen molar-refractivity contribution in [2.45, 2.75) is 18.9 Å². The summed E-state index contributed by atoms with van der Waals surface area (Å²) in [6, 6.07) is 8.25. The predicted molar refractivity (Wildman–Crippen MR) is 77.8 cm³/mol. The number of hydrogen-bond donors (Lipinski definition) is 2. The Kier molecular flexibility index (Phi) is 4.06. The number of nitrogens with two attached hydrogens (primary N) is 1. The molecule has 2 unspecified atom stereocenters. The lowest BCUT2D eigenvalue weighted by Crippen LogP contribution is -2.37. The number of fused-ring (bicyclic) bond motifs is 1. The van der Waals surface area contributed by atoms with Gasteiger partial charge in [0, 0.05) is 31.1 Å². The Balaban J connectivity index is 1.61. The molecular formula is C15H21N3O2. The van der Waals surface area contributed by atoms with E-state index in [1.165, 1.54) is 0 Å². The molecule has 0 aliphatic carbocycles. The van der Waals surface area contributed by atoms with Gasteiger partial charge < -0.3 is 20.5 Å². The van der Waals surface area contributed by atoms with Crippen LogP contribution in [-0.4, -0.2) is 32.3 Å². The maximum atomic E-state index is 6.00. The standard InChI is InChI=1S/C15H21N3O2/c16-15(17-9-11-5-7-19-10-11)18-13-6-8-20-14-4-2-1-3-12(13)14/h1-4,11,13H,5-10H2,(H3,16,17,18). The quantitative estimate of drug-likeness (QED) is 0.647. The predicted octanol–water partition coefficient (Wildman–Crippen LogP) is 1.45. The normalized spacial score (nSPS) is 25.9. The third kappa shape index (κ3) is 3.04. The third-order valence-electron chi connectivity index (χ3n) is 3.82. The SMILES string of the molecule is NC(=NCC1CCOC1)NC1CCOc2ccccc21. The molecule has 20 heavy (non-hydrogen) atoms. The van der Waals surface area contributed by atoms with Gasteiger partial charge in [-0.1, -0.05) is 18.2 Å². The molecule has 2 aliphatic heterocycles. The summed E-state index contributed by atoms with van der Waals surface area (Å²) in [5.74, 6) is 1.96. The van der Waals surface area contributed by atoms with E-state index in [1.807, 2.05) is 18.2 Å². The lowest BCUT2D eigenvalue weighted by molar-refractivity contribution is 0.187. The molecule has 0 spiro atoms. The van der Waals surface area contributed by atoms with E-state index in [0.717, 1.165) is 43.9 Å². The molecule has 0 amide bonds. The van der Waals surface area contributed by atoms with Gasteiger partial charge in [-0.05, 0) is 12.5 Å². The fourth-order valence-corrected chi connectivity index (χ4v) is 2.67. The Morgan fingerprint density at radius 2 is 2.20 bits per heavy atom. The molecule has 108 valence electrons. The molecule has 3 N–H and O–H groups in total. The molecule has 5 heteroatoms. The van der Waals surface area contributed by atoms with Crippen molar-refractivity contribution < 1.29 is 9.47 Å². The Morgan fingerprint density at radius 3 is 3.05 bits per heavy atom. The average molecular weight is 275 g/mol. The summed E-state index contributed by atoms with van der Waals surface area (Å²) in [6.07, 6.45) is 1.98. The number of benzene rings is 1. The molecule has 5 nitrogen and oxygen atoms in total. The van der Waals surface area contributed by atoms with E-state index in [4.69, 9.17) is 15.2 Å². The number of aliphatic imine (C=N–C) groups is 1. The van der Waals surface area contributed by atoms with Crippen LogP contribution in [0.5, 0.6) is 5.75 Å².